The summed E-state index contributed by atoms with van der Waals surface area (Å²) in [4.78, 5) is 20.9. The van der Waals surface area contributed by atoms with Crippen molar-refractivity contribution in [2.45, 2.75) is 37.6 Å². The number of benzene rings is 1. The lowest BCUT2D eigenvalue weighted by molar-refractivity contribution is -0.384. The van der Waals surface area contributed by atoms with Gasteiger partial charge >= 0.3 is 5.97 Å². The summed E-state index contributed by atoms with van der Waals surface area (Å²) in [5.74, 6) is -1.23. The molecule has 0 radical (unpaired) electrons. The van der Waals surface area contributed by atoms with Gasteiger partial charge in [0.15, 0.2) is 0 Å². The SMILES string of the molecule is CC[C@H](C)[C@H](CC(=O)O)N(C)S(=O)(=O)c1ccc([N+](=O)[O-])cc1. The average molecular weight is 344 g/mol. The molecule has 0 amide bonds. The molecule has 1 rings (SSSR count). The van der Waals surface area contributed by atoms with Gasteiger partial charge in [0.25, 0.3) is 5.69 Å². The number of nitrogens with zero attached hydrogens (tertiary/aromatic N) is 2. The van der Waals surface area contributed by atoms with Crippen LogP contribution in [0.15, 0.2) is 29.2 Å². The van der Waals surface area contributed by atoms with Crippen LogP contribution in [-0.2, 0) is 14.8 Å². The molecule has 1 N–H and O–H groups in total. The van der Waals surface area contributed by atoms with Crippen LogP contribution in [0.3, 0.4) is 0 Å². The Bertz CT molecular complexity index is 671. The molecule has 0 saturated carbocycles. The van der Waals surface area contributed by atoms with Crippen LogP contribution >= 0.6 is 0 Å². The molecule has 128 valence electrons. The molecule has 1 aromatic rings. The lowest BCUT2D eigenvalue weighted by atomic mass is 9.97. The molecule has 0 aliphatic carbocycles. The molecule has 0 fully saturated rings. The van der Waals surface area contributed by atoms with E-state index in [0.717, 1.165) is 28.6 Å². The molecule has 0 unspecified atom stereocenters. The third kappa shape index (κ3) is 4.49. The zero-order valence-electron chi connectivity index (χ0n) is 13.2. The Morgan fingerprint density at radius 2 is 1.87 bits per heavy atom. The number of carboxylic acid groups (broad SMARTS) is 1. The number of aliphatic carboxylic acids is 1. The van der Waals surface area contributed by atoms with Gasteiger partial charge < -0.3 is 5.11 Å². The minimum Gasteiger partial charge on any atom is -0.481 e. The number of nitro benzene ring substituents is 1. The summed E-state index contributed by atoms with van der Waals surface area (Å²) in [6.07, 6.45) is 0.315. The van der Waals surface area contributed by atoms with Crippen LogP contribution in [-0.4, -0.2) is 41.8 Å². The maximum atomic E-state index is 12.6. The quantitative estimate of drug-likeness (QED) is 0.570. The van der Waals surface area contributed by atoms with E-state index in [4.69, 9.17) is 5.11 Å². The number of rotatable bonds is 8. The molecule has 2 atom stereocenters. The number of sulfonamides is 1. The largest absolute Gasteiger partial charge is 0.481 e. The molecule has 0 bridgehead atoms. The van der Waals surface area contributed by atoms with Crippen LogP contribution in [0.25, 0.3) is 0 Å². The van der Waals surface area contributed by atoms with Crippen LogP contribution in [0.2, 0.25) is 0 Å². The van der Waals surface area contributed by atoms with Crippen molar-refractivity contribution in [3.05, 3.63) is 34.4 Å². The van der Waals surface area contributed by atoms with Crippen LogP contribution < -0.4 is 0 Å². The molecule has 0 saturated heterocycles. The second-order valence-electron chi connectivity index (χ2n) is 5.32. The Hall–Kier alpha value is -2.00. The summed E-state index contributed by atoms with van der Waals surface area (Å²) in [5.41, 5.74) is -0.212. The van der Waals surface area contributed by atoms with E-state index in [9.17, 15) is 23.3 Å². The minimum atomic E-state index is -3.93. The Morgan fingerprint density at radius 1 is 1.35 bits per heavy atom. The van der Waals surface area contributed by atoms with E-state index in [1.54, 1.807) is 6.92 Å². The first-order valence-corrected chi connectivity index (χ1v) is 8.49. The Balaban J connectivity index is 3.17. The van der Waals surface area contributed by atoms with Crippen LogP contribution in [0.4, 0.5) is 5.69 Å². The fraction of sp³-hybridized carbons (Fsp3) is 0.500. The number of nitro groups is 1. The van der Waals surface area contributed by atoms with Gasteiger partial charge in [0.1, 0.15) is 0 Å². The maximum absolute atomic E-state index is 12.6. The Morgan fingerprint density at radius 3 is 2.26 bits per heavy atom. The van der Waals surface area contributed by atoms with Gasteiger partial charge in [-0.1, -0.05) is 20.3 Å². The molecule has 0 spiro atoms. The molecule has 23 heavy (non-hydrogen) atoms. The molecular weight excluding hydrogens is 324 g/mol. The number of carbonyl (C=O) groups is 1. The zero-order valence-corrected chi connectivity index (χ0v) is 14.0. The van der Waals surface area contributed by atoms with Crippen molar-refractivity contribution in [3.63, 3.8) is 0 Å². The highest BCUT2D eigenvalue weighted by Gasteiger charge is 2.32. The van der Waals surface area contributed by atoms with Gasteiger partial charge in [-0.15, -0.1) is 0 Å². The lowest BCUT2D eigenvalue weighted by Crippen LogP contribution is -2.42. The van der Waals surface area contributed by atoms with Crippen molar-refractivity contribution >= 4 is 21.7 Å². The number of carboxylic acids is 1. The van der Waals surface area contributed by atoms with E-state index in [1.165, 1.54) is 7.05 Å². The zero-order chi connectivity index (χ0) is 17.8. The number of non-ortho nitro benzene ring substituents is 1. The third-order valence-electron chi connectivity index (χ3n) is 3.88. The van der Waals surface area contributed by atoms with E-state index in [2.05, 4.69) is 0 Å². The van der Waals surface area contributed by atoms with Crippen molar-refractivity contribution in [3.8, 4) is 0 Å². The molecule has 9 heteroatoms. The highest BCUT2D eigenvalue weighted by atomic mass is 32.2. The van der Waals surface area contributed by atoms with Gasteiger partial charge in [-0.3, -0.25) is 14.9 Å². The summed E-state index contributed by atoms with van der Waals surface area (Å²) in [5, 5.41) is 19.6. The average Bonchev–Trinajstić information content (AvgIpc) is 2.51. The van der Waals surface area contributed by atoms with Crippen molar-refractivity contribution < 1.29 is 23.2 Å². The van der Waals surface area contributed by atoms with Crippen LogP contribution in [0.5, 0.6) is 0 Å². The van der Waals surface area contributed by atoms with Crippen molar-refractivity contribution in [2.24, 2.45) is 5.92 Å². The van der Waals surface area contributed by atoms with E-state index in [1.807, 2.05) is 6.92 Å². The normalized spacial score (nSPS) is 14.4. The Kier molecular flexibility index (Phi) is 6.22. The maximum Gasteiger partial charge on any atom is 0.304 e. The van der Waals surface area contributed by atoms with E-state index in [0.29, 0.717) is 6.42 Å². The second kappa shape index (κ2) is 7.51. The van der Waals surface area contributed by atoms with Crippen LogP contribution in [0, 0.1) is 16.0 Å². The van der Waals surface area contributed by atoms with Crippen LogP contribution in [0.1, 0.15) is 26.7 Å². The molecular formula is C14H20N2O6S. The fourth-order valence-corrected chi connectivity index (χ4v) is 3.67. The van der Waals surface area contributed by atoms with Gasteiger partial charge in [-0.25, -0.2) is 8.42 Å². The summed E-state index contributed by atoms with van der Waals surface area (Å²) in [7, 11) is -2.60. The molecule has 0 aliphatic rings. The third-order valence-corrected chi connectivity index (χ3v) is 5.77. The van der Waals surface area contributed by atoms with Gasteiger partial charge in [0.2, 0.25) is 10.0 Å². The first-order valence-electron chi connectivity index (χ1n) is 7.05. The Labute approximate surface area is 134 Å². The summed E-state index contributed by atoms with van der Waals surface area (Å²) < 4.78 is 26.3. The topological polar surface area (TPSA) is 118 Å². The highest BCUT2D eigenvalue weighted by molar-refractivity contribution is 7.89. The predicted octanol–water partition coefficient (Wildman–Crippen LogP) is 2.10. The summed E-state index contributed by atoms with van der Waals surface area (Å²) in [6.45, 7) is 3.64. The van der Waals surface area contributed by atoms with Gasteiger partial charge in [0, 0.05) is 25.2 Å². The standard InChI is InChI=1S/C14H20N2O6S/c1-4-10(2)13(9-14(17)18)15(3)23(21,22)12-7-5-11(6-8-12)16(19)20/h5-8,10,13H,4,9H2,1-3H3,(H,17,18)/t10-,13-/m0/s1. The first kappa shape index (κ1) is 19.0. The number of hydrogen-bond donors (Lipinski definition) is 1. The smallest absolute Gasteiger partial charge is 0.304 e. The first-order chi connectivity index (χ1) is 10.6. The molecule has 1 aromatic carbocycles. The molecule has 0 aromatic heterocycles. The van der Waals surface area contributed by atoms with Crippen molar-refractivity contribution in [1.29, 1.82) is 0 Å². The summed E-state index contributed by atoms with van der Waals surface area (Å²) in [6, 6.07) is 3.82. The fourth-order valence-electron chi connectivity index (χ4n) is 2.22. The number of hydrogen-bond acceptors (Lipinski definition) is 5. The summed E-state index contributed by atoms with van der Waals surface area (Å²) >= 11 is 0. The van der Waals surface area contributed by atoms with E-state index >= 15 is 0 Å². The van der Waals surface area contributed by atoms with Crippen molar-refractivity contribution in [1.82, 2.24) is 4.31 Å². The lowest BCUT2D eigenvalue weighted by Gasteiger charge is -2.30. The van der Waals surface area contributed by atoms with E-state index < -0.39 is 27.0 Å². The molecule has 0 aliphatic heterocycles. The molecule has 8 nitrogen and oxygen atoms in total. The monoisotopic (exact) mass is 344 g/mol. The van der Waals surface area contributed by atoms with Gasteiger partial charge in [-0.05, 0) is 18.1 Å². The predicted molar refractivity (Wildman–Crippen MR) is 83.5 cm³/mol. The molecule has 0 heterocycles. The highest BCUT2D eigenvalue weighted by Crippen LogP contribution is 2.25. The van der Waals surface area contributed by atoms with E-state index in [-0.39, 0.29) is 22.9 Å². The van der Waals surface area contributed by atoms with Crippen molar-refractivity contribution in [2.75, 3.05) is 7.05 Å². The van der Waals surface area contributed by atoms with Gasteiger partial charge in [0.05, 0.1) is 16.2 Å². The second-order valence-corrected chi connectivity index (χ2v) is 7.32. The van der Waals surface area contributed by atoms with Gasteiger partial charge in [-0.2, -0.15) is 4.31 Å². The minimum absolute atomic E-state index is 0.107.